The Balaban J connectivity index is 1.59. The minimum absolute atomic E-state index is 0.0205. The number of carbonyl (C=O) groups is 1. The summed E-state index contributed by atoms with van der Waals surface area (Å²) in [6.07, 6.45) is 1.84. The Labute approximate surface area is 180 Å². The van der Waals surface area contributed by atoms with Crippen LogP contribution in [-0.2, 0) is 6.61 Å². The topological polar surface area (TPSA) is 35.5 Å². The molecule has 0 N–H and O–H groups in total. The largest absolute Gasteiger partial charge is 0.493 e. The SMILES string of the molecule is COc1cc(/C=C2\Sc3ccccc3C2=O)cc(Br)c1OCc1cccc(F)c1. The second kappa shape index (κ2) is 8.43. The van der Waals surface area contributed by atoms with Crippen LogP contribution in [0, 0.1) is 5.82 Å². The highest BCUT2D eigenvalue weighted by atomic mass is 79.9. The van der Waals surface area contributed by atoms with Gasteiger partial charge in [-0.05, 0) is 69.5 Å². The molecule has 1 aliphatic heterocycles. The standard InChI is InChI=1S/C23H16BrFO3S/c1-27-19-11-15(12-21-22(26)17-7-2-3-8-20(17)29-21)10-18(24)23(19)28-13-14-5-4-6-16(25)9-14/h2-12H,13H2,1H3/b21-12-. The first-order valence-electron chi connectivity index (χ1n) is 8.83. The van der Waals surface area contributed by atoms with Crippen molar-refractivity contribution < 1.29 is 18.7 Å². The van der Waals surface area contributed by atoms with E-state index in [2.05, 4.69) is 15.9 Å². The number of thioether (sulfide) groups is 1. The zero-order valence-corrected chi connectivity index (χ0v) is 17.8. The van der Waals surface area contributed by atoms with Gasteiger partial charge in [-0.1, -0.05) is 36.0 Å². The number of ether oxygens (including phenoxy) is 2. The van der Waals surface area contributed by atoms with E-state index in [0.29, 0.717) is 20.9 Å². The Morgan fingerprint density at radius 1 is 1.10 bits per heavy atom. The number of benzene rings is 3. The minimum atomic E-state index is -0.307. The van der Waals surface area contributed by atoms with Crippen molar-refractivity contribution in [2.75, 3.05) is 7.11 Å². The molecule has 6 heteroatoms. The third-order valence-electron chi connectivity index (χ3n) is 4.40. The van der Waals surface area contributed by atoms with Crippen molar-refractivity contribution in [3.8, 4) is 11.5 Å². The molecule has 4 rings (SSSR count). The summed E-state index contributed by atoms with van der Waals surface area (Å²) in [5, 5.41) is 0. The van der Waals surface area contributed by atoms with Crippen molar-refractivity contribution in [1.82, 2.24) is 0 Å². The summed E-state index contributed by atoms with van der Waals surface area (Å²) in [5.74, 6) is 0.758. The number of carbonyl (C=O) groups excluding carboxylic acids is 1. The van der Waals surface area contributed by atoms with Crippen LogP contribution in [0.25, 0.3) is 6.08 Å². The number of rotatable bonds is 5. The molecule has 3 aromatic rings. The van der Waals surface area contributed by atoms with Crippen LogP contribution >= 0.6 is 27.7 Å². The van der Waals surface area contributed by atoms with Crippen LogP contribution in [0.2, 0.25) is 0 Å². The number of ketones is 1. The average molecular weight is 471 g/mol. The Morgan fingerprint density at radius 2 is 1.93 bits per heavy atom. The predicted octanol–water partition coefficient (Wildman–Crippen LogP) is 6.51. The van der Waals surface area contributed by atoms with Crippen LogP contribution in [0.3, 0.4) is 0 Å². The monoisotopic (exact) mass is 470 g/mol. The summed E-state index contributed by atoms with van der Waals surface area (Å²) in [6, 6.07) is 17.5. The van der Waals surface area contributed by atoms with E-state index in [1.54, 1.807) is 19.2 Å². The Hall–Kier alpha value is -2.57. The average Bonchev–Trinajstić information content (AvgIpc) is 3.02. The molecule has 0 saturated carbocycles. The van der Waals surface area contributed by atoms with Crippen LogP contribution in [0.1, 0.15) is 21.5 Å². The zero-order chi connectivity index (χ0) is 20.4. The van der Waals surface area contributed by atoms with Gasteiger partial charge in [-0.15, -0.1) is 0 Å². The lowest BCUT2D eigenvalue weighted by atomic mass is 10.1. The molecule has 0 unspecified atom stereocenters. The van der Waals surface area contributed by atoms with Crippen LogP contribution in [0.4, 0.5) is 4.39 Å². The maximum absolute atomic E-state index is 13.4. The van der Waals surface area contributed by atoms with E-state index in [1.165, 1.54) is 23.9 Å². The van der Waals surface area contributed by atoms with Crippen molar-refractivity contribution >= 4 is 39.6 Å². The fraction of sp³-hybridized carbons (Fsp3) is 0.0870. The van der Waals surface area contributed by atoms with E-state index in [1.807, 2.05) is 42.5 Å². The highest BCUT2D eigenvalue weighted by Crippen LogP contribution is 2.42. The van der Waals surface area contributed by atoms with Crippen molar-refractivity contribution in [3.05, 3.63) is 92.5 Å². The molecule has 0 atom stereocenters. The fourth-order valence-corrected chi connectivity index (χ4v) is 4.66. The van der Waals surface area contributed by atoms with Gasteiger partial charge in [0.1, 0.15) is 12.4 Å². The lowest BCUT2D eigenvalue weighted by Crippen LogP contribution is -2.00. The fourth-order valence-electron chi connectivity index (χ4n) is 3.03. The molecule has 3 aromatic carbocycles. The molecule has 146 valence electrons. The third kappa shape index (κ3) is 4.23. The van der Waals surface area contributed by atoms with Gasteiger partial charge in [-0.2, -0.15) is 0 Å². The normalized spacial score (nSPS) is 14.2. The predicted molar refractivity (Wildman–Crippen MR) is 116 cm³/mol. The number of hydrogen-bond acceptors (Lipinski definition) is 4. The molecule has 29 heavy (non-hydrogen) atoms. The quantitative estimate of drug-likeness (QED) is 0.398. The maximum atomic E-state index is 13.4. The molecule has 1 heterocycles. The van der Waals surface area contributed by atoms with Gasteiger partial charge in [0.05, 0.1) is 16.5 Å². The maximum Gasteiger partial charge on any atom is 0.200 e. The van der Waals surface area contributed by atoms with E-state index in [4.69, 9.17) is 9.47 Å². The Kier molecular flexibility index (Phi) is 5.74. The smallest absolute Gasteiger partial charge is 0.200 e. The molecular weight excluding hydrogens is 455 g/mol. The summed E-state index contributed by atoms with van der Waals surface area (Å²) >= 11 is 4.98. The van der Waals surface area contributed by atoms with Crippen molar-refractivity contribution in [3.63, 3.8) is 0 Å². The molecule has 0 bridgehead atoms. The zero-order valence-electron chi connectivity index (χ0n) is 15.4. The Bertz CT molecular complexity index is 1130. The van der Waals surface area contributed by atoms with E-state index in [0.717, 1.165) is 21.6 Å². The molecule has 1 aliphatic rings. The molecule has 0 aromatic heterocycles. The third-order valence-corrected chi connectivity index (χ3v) is 6.09. The van der Waals surface area contributed by atoms with Gasteiger partial charge in [0.2, 0.25) is 5.78 Å². The van der Waals surface area contributed by atoms with Gasteiger partial charge >= 0.3 is 0 Å². The summed E-state index contributed by atoms with van der Waals surface area (Å²) in [7, 11) is 1.55. The van der Waals surface area contributed by atoms with Gasteiger partial charge < -0.3 is 9.47 Å². The minimum Gasteiger partial charge on any atom is -0.493 e. The van der Waals surface area contributed by atoms with Gasteiger partial charge in [0.25, 0.3) is 0 Å². The van der Waals surface area contributed by atoms with Crippen LogP contribution in [0.15, 0.2) is 74.9 Å². The highest BCUT2D eigenvalue weighted by molar-refractivity contribution is 9.10. The Morgan fingerprint density at radius 3 is 2.69 bits per heavy atom. The second-order valence-corrected chi connectivity index (χ2v) is 8.33. The van der Waals surface area contributed by atoms with Crippen molar-refractivity contribution in [2.45, 2.75) is 11.5 Å². The van der Waals surface area contributed by atoms with Gasteiger partial charge in [-0.3, -0.25) is 4.79 Å². The van der Waals surface area contributed by atoms with Gasteiger partial charge in [-0.25, -0.2) is 4.39 Å². The van der Waals surface area contributed by atoms with Gasteiger partial charge in [0, 0.05) is 10.5 Å². The van der Waals surface area contributed by atoms with Crippen molar-refractivity contribution in [2.24, 2.45) is 0 Å². The molecule has 0 aliphatic carbocycles. The number of Topliss-reactive ketones (excluding diaryl/α,β-unsaturated/α-hetero) is 1. The first kappa shape index (κ1) is 19.7. The summed E-state index contributed by atoms with van der Waals surface area (Å²) in [6.45, 7) is 0.205. The highest BCUT2D eigenvalue weighted by Gasteiger charge is 2.25. The number of methoxy groups -OCH3 is 1. The lowest BCUT2D eigenvalue weighted by Gasteiger charge is -2.14. The van der Waals surface area contributed by atoms with Crippen LogP contribution < -0.4 is 9.47 Å². The second-order valence-electron chi connectivity index (χ2n) is 6.39. The summed E-state index contributed by atoms with van der Waals surface area (Å²) < 4.78 is 25.4. The van der Waals surface area contributed by atoms with Crippen LogP contribution in [-0.4, -0.2) is 12.9 Å². The molecule has 0 fully saturated rings. The van der Waals surface area contributed by atoms with E-state index in [9.17, 15) is 9.18 Å². The first-order valence-corrected chi connectivity index (χ1v) is 10.4. The number of hydrogen-bond donors (Lipinski definition) is 0. The molecule has 0 amide bonds. The van der Waals surface area contributed by atoms with Crippen LogP contribution in [0.5, 0.6) is 11.5 Å². The molecule has 3 nitrogen and oxygen atoms in total. The van der Waals surface area contributed by atoms with E-state index in [-0.39, 0.29) is 18.2 Å². The molecule has 0 spiro atoms. The first-order chi connectivity index (χ1) is 14.0. The lowest BCUT2D eigenvalue weighted by molar-refractivity contribution is 0.104. The van der Waals surface area contributed by atoms with E-state index < -0.39 is 0 Å². The number of fused-ring (bicyclic) bond motifs is 1. The number of allylic oxidation sites excluding steroid dienone is 1. The number of halogens is 2. The van der Waals surface area contributed by atoms with Crippen molar-refractivity contribution in [1.29, 1.82) is 0 Å². The van der Waals surface area contributed by atoms with E-state index >= 15 is 0 Å². The summed E-state index contributed by atoms with van der Waals surface area (Å²) in [5.41, 5.74) is 2.26. The molecule has 0 radical (unpaired) electrons. The summed E-state index contributed by atoms with van der Waals surface area (Å²) in [4.78, 5) is 14.2. The molecule has 0 saturated heterocycles. The van der Waals surface area contributed by atoms with Gasteiger partial charge in [0.15, 0.2) is 11.5 Å². The molecular formula is C23H16BrFO3S.